The molecular formula is C35H36Cl2F2O6S2. The van der Waals surface area contributed by atoms with E-state index < -0.39 is 38.8 Å². The minimum absolute atomic E-state index is 0.0113. The van der Waals surface area contributed by atoms with E-state index in [1.807, 2.05) is 24.3 Å². The minimum atomic E-state index is -1.44. The maximum atomic E-state index is 14.7. The first kappa shape index (κ1) is 38.4. The maximum absolute atomic E-state index is 14.7. The Bertz CT molecular complexity index is 1680. The van der Waals surface area contributed by atoms with Crippen LogP contribution in [-0.2, 0) is 24.9 Å². The Kier molecular flexibility index (Phi) is 12.6. The molecule has 0 aliphatic carbocycles. The first-order valence-corrected chi connectivity index (χ1v) is 16.9. The molecular weight excluding hydrogens is 689 g/mol. The number of methoxy groups -OCH3 is 2. The van der Waals surface area contributed by atoms with Crippen LogP contribution in [0, 0.1) is 25.5 Å². The molecule has 1 aliphatic rings. The summed E-state index contributed by atoms with van der Waals surface area (Å²) in [6, 6.07) is 13.1. The van der Waals surface area contributed by atoms with Gasteiger partial charge in [0.1, 0.15) is 29.1 Å². The van der Waals surface area contributed by atoms with Gasteiger partial charge in [-0.15, -0.1) is 11.8 Å². The number of thioether (sulfide) groups is 2. The molecule has 0 spiro atoms. The number of aliphatic hydroxyl groups is 1. The average molecular weight is 726 g/mol. The molecule has 0 radical (unpaired) electrons. The van der Waals surface area contributed by atoms with E-state index in [0.717, 1.165) is 23.1 Å². The van der Waals surface area contributed by atoms with Crippen molar-refractivity contribution < 1.29 is 37.7 Å². The van der Waals surface area contributed by atoms with E-state index in [-0.39, 0.29) is 37.6 Å². The number of hydrogen-bond acceptors (Lipinski definition) is 8. The Hall–Kier alpha value is -3.05. The molecule has 0 saturated carbocycles. The van der Waals surface area contributed by atoms with Crippen molar-refractivity contribution in [3.63, 3.8) is 0 Å². The molecule has 12 heteroatoms. The zero-order valence-corrected chi connectivity index (χ0v) is 30.4. The molecule has 0 aromatic heterocycles. The standard InChI is InChI=1S/C22H24ClFO4S.C13H12ClFO2S/c1-13-10-16(23)18(17(24)11-13)19(21(26)28-5)20(25)22(2,3)29-12-14-6-8-15(27-4)9-7-14;1-6-4-7(14)9(8(15)5-6)10-11(16)13(2,3)18-12(10)17/h6-11,19H,12H2,1-5H3;4-5,16H,1-3H3. The Morgan fingerprint density at radius 3 is 2.00 bits per heavy atom. The third-order valence-electron chi connectivity index (χ3n) is 7.36. The molecule has 0 fully saturated rings. The Morgan fingerprint density at radius 2 is 1.53 bits per heavy atom. The number of benzene rings is 3. The highest BCUT2D eigenvalue weighted by molar-refractivity contribution is 8.16. The van der Waals surface area contributed by atoms with Crippen molar-refractivity contribution in [2.75, 3.05) is 14.2 Å². The molecule has 1 N–H and O–H groups in total. The molecule has 1 atom stereocenters. The molecule has 47 heavy (non-hydrogen) atoms. The van der Waals surface area contributed by atoms with E-state index in [1.165, 1.54) is 37.1 Å². The predicted molar refractivity (Wildman–Crippen MR) is 187 cm³/mol. The fraction of sp³-hybridized carbons (Fsp3) is 0.343. The monoisotopic (exact) mass is 724 g/mol. The Morgan fingerprint density at radius 1 is 0.979 bits per heavy atom. The van der Waals surface area contributed by atoms with Crippen LogP contribution in [0.1, 0.15) is 61.4 Å². The highest BCUT2D eigenvalue weighted by Gasteiger charge is 2.43. The molecule has 6 nitrogen and oxygen atoms in total. The second-order valence-corrected chi connectivity index (χ2v) is 15.8. The van der Waals surface area contributed by atoms with Crippen LogP contribution in [0.2, 0.25) is 10.0 Å². The number of aryl methyl sites for hydroxylation is 2. The topological polar surface area (TPSA) is 89.9 Å². The van der Waals surface area contributed by atoms with Crippen molar-refractivity contribution in [3.05, 3.63) is 104 Å². The van der Waals surface area contributed by atoms with Crippen LogP contribution >= 0.6 is 46.7 Å². The first-order chi connectivity index (χ1) is 21.8. The number of carbonyl (C=O) groups is 3. The third-order valence-corrected chi connectivity index (χ3v) is 10.5. The van der Waals surface area contributed by atoms with Crippen LogP contribution in [0.3, 0.4) is 0 Å². The van der Waals surface area contributed by atoms with Crippen LogP contribution in [0.4, 0.5) is 8.78 Å². The lowest BCUT2D eigenvalue weighted by atomic mass is 9.87. The van der Waals surface area contributed by atoms with Crippen LogP contribution in [-0.4, -0.2) is 45.7 Å². The van der Waals surface area contributed by atoms with Gasteiger partial charge in [0.05, 0.1) is 34.3 Å². The number of esters is 1. The van der Waals surface area contributed by atoms with Crippen molar-refractivity contribution >= 4 is 69.2 Å². The lowest BCUT2D eigenvalue weighted by molar-refractivity contribution is -0.146. The largest absolute Gasteiger partial charge is 0.510 e. The van der Waals surface area contributed by atoms with Crippen LogP contribution in [0.15, 0.2) is 54.3 Å². The number of halogens is 4. The summed E-state index contributed by atoms with van der Waals surface area (Å²) in [5.41, 5.74) is 2.08. The van der Waals surface area contributed by atoms with E-state index in [0.29, 0.717) is 16.9 Å². The summed E-state index contributed by atoms with van der Waals surface area (Å²) in [7, 11) is 2.76. The SMILES string of the molecule is COC(=O)C(C(=O)C(C)(C)SCc1ccc(OC)cc1)c1c(F)cc(C)cc1Cl.Cc1cc(F)c(C2=C(O)C(C)(C)SC2=O)c(Cl)c1. The number of aliphatic hydroxyl groups excluding tert-OH is 1. The van der Waals surface area contributed by atoms with E-state index in [4.69, 9.17) is 32.7 Å². The zero-order chi connectivity index (χ0) is 35.4. The van der Waals surface area contributed by atoms with Gasteiger partial charge in [-0.05, 0) is 94.6 Å². The first-order valence-electron chi connectivity index (χ1n) is 14.3. The van der Waals surface area contributed by atoms with Crippen LogP contribution in [0.25, 0.3) is 5.57 Å². The van der Waals surface area contributed by atoms with Gasteiger partial charge in [0.15, 0.2) is 5.78 Å². The molecule has 1 heterocycles. The quantitative estimate of drug-likeness (QED) is 0.173. The summed E-state index contributed by atoms with van der Waals surface area (Å²) >= 11 is 14.5. The van der Waals surface area contributed by atoms with Crippen molar-refractivity contribution in [3.8, 4) is 5.75 Å². The third kappa shape index (κ3) is 8.90. The van der Waals surface area contributed by atoms with E-state index in [9.17, 15) is 28.3 Å². The molecule has 4 rings (SSSR count). The van der Waals surface area contributed by atoms with Gasteiger partial charge >= 0.3 is 5.97 Å². The van der Waals surface area contributed by atoms with E-state index >= 15 is 0 Å². The van der Waals surface area contributed by atoms with Gasteiger partial charge in [0, 0.05) is 21.9 Å². The molecule has 1 aliphatic heterocycles. The molecule has 3 aromatic rings. The predicted octanol–water partition coefficient (Wildman–Crippen LogP) is 9.44. The van der Waals surface area contributed by atoms with Gasteiger partial charge in [-0.1, -0.05) is 47.1 Å². The second-order valence-electron chi connectivity index (χ2n) is 11.8. The molecule has 0 saturated heterocycles. The van der Waals surface area contributed by atoms with Crippen molar-refractivity contribution in [2.45, 2.75) is 62.7 Å². The lowest BCUT2D eigenvalue weighted by Crippen LogP contribution is -2.38. The average Bonchev–Trinajstić information content (AvgIpc) is 3.18. The number of ether oxygens (including phenoxy) is 2. The number of carbonyl (C=O) groups excluding carboxylic acids is 3. The maximum Gasteiger partial charge on any atom is 0.320 e. The van der Waals surface area contributed by atoms with Gasteiger partial charge in [-0.25, -0.2) is 8.78 Å². The fourth-order valence-corrected chi connectivity index (χ4v) is 7.42. The zero-order valence-electron chi connectivity index (χ0n) is 27.2. The highest BCUT2D eigenvalue weighted by Crippen LogP contribution is 2.47. The molecule has 1 unspecified atom stereocenters. The van der Waals surface area contributed by atoms with Crippen molar-refractivity contribution in [1.29, 1.82) is 0 Å². The fourth-order valence-electron chi connectivity index (χ4n) is 4.75. The van der Waals surface area contributed by atoms with Crippen molar-refractivity contribution in [1.82, 2.24) is 0 Å². The van der Waals surface area contributed by atoms with E-state index in [2.05, 4.69) is 0 Å². The lowest BCUT2D eigenvalue weighted by Gasteiger charge is -2.27. The Labute approximate surface area is 292 Å². The summed E-state index contributed by atoms with van der Waals surface area (Å²) < 4.78 is 36.9. The summed E-state index contributed by atoms with van der Waals surface area (Å²) in [6.07, 6.45) is 0. The number of ketones is 1. The normalized spacial score (nSPS) is 14.8. The highest BCUT2D eigenvalue weighted by atomic mass is 35.5. The molecule has 3 aromatic carbocycles. The minimum Gasteiger partial charge on any atom is -0.510 e. The summed E-state index contributed by atoms with van der Waals surface area (Å²) in [4.78, 5) is 37.7. The van der Waals surface area contributed by atoms with Crippen LogP contribution in [0.5, 0.6) is 5.75 Å². The molecule has 252 valence electrons. The van der Waals surface area contributed by atoms with Gasteiger partial charge < -0.3 is 14.6 Å². The van der Waals surface area contributed by atoms with Gasteiger partial charge in [0.2, 0.25) is 5.12 Å². The molecule has 0 bridgehead atoms. The summed E-state index contributed by atoms with van der Waals surface area (Å²) in [6.45, 7) is 10.2. The van der Waals surface area contributed by atoms with Gasteiger partial charge in [-0.3, -0.25) is 14.4 Å². The summed E-state index contributed by atoms with van der Waals surface area (Å²) in [5, 5.41) is 9.88. The molecule has 0 amide bonds. The summed E-state index contributed by atoms with van der Waals surface area (Å²) in [5.74, 6) is -2.88. The van der Waals surface area contributed by atoms with E-state index in [1.54, 1.807) is 54.7 Å². The van der Waals surface area contributed by atoms with Crippen LogP contribution < -0.4 is 4.74 Å². The Balaban J connectivity index is 0.000000284. The smallest absolute Gasteiger partial charge is 0.320 e. The van der Waals surface area contributed by atoms with Crippen molar-refractivity contribution in [2.24, 2.45) is 0 Å². The number of hydrogen-bond donors (Lipinski definition) is 1. The van der Waals surface area contributed by atoms with Gasteiger partial charge in [0.25, 0.3) is 0 Å². The number of Topliss-reactive ketones (excluding diaryl/α,β-unsaturated/α-hetero) is 1. The second kappa shape index (κ2) is 15.4. The number of rotatable bonds is 9. The van der Waals surface area contributed by atoms with Gasteiger partial charge in [-0.2, -0.15) is 0 Å².